The molecule has 0 spiro atoms. The monoisotopic (exact) mass is 181 g/mol. The summed E-state index contributed by atoms with van der Waals surface area (Å²) in [6.07, 6.45) is 4.67. The smallest absolute Gasteiger partial charge is 0.327 e. The fraction of sp³-hybridized carbons (Fsp3) is 0.700. The largest absolute Gasteiger partial charge is 0.468 e. The van der Waals surface area contributed by atoms with Gasteiger partial charge in [-0.25, -0.2) is 0 Å². The molecule has 1 heterocycles. The quantitative estimate of drug-likeness (QED) is 0.466. The third-order valence-corrected chi connectivity index (χ3v) is 2.84. The maximum atomic E-state index is 11.5. The first-order valence-electron chi connectivity index (χ1n) is 4.72. The molecule has 0 radical (unpaired) electrons. The number of hydrogen-bond acceptors (Lipinski definition) is 3. The Kier molecular flexibility index (Phi) is 2.12. The summed E-state index contributed by atoms with van der Waals surface area (Å²) < 4.78 is 4.79. The van der Waals surface area contributed by atoms with E-state index in [1.165, 1.54) is 25.5 Å². The van der Waals surface area contributed by atoms with Gasteiger partial charge in [0.25, 0.3) is 0 Å². The molecule has 1 aliphatic carbocycles. The Labute approximate surface area is 78.4 Å². The highest BCUT2D eigenvalue weighted by molar-refractivity contribution is 5.80. The molecular weight excluding hydrogens is 166 g/mol. The third-order valence-electron chi connectivity index (χ3n) is 2.84. The van der Waals surface area contributed by atoms with Gasteiger partial charge in [0.1, 0.15) is 6.04 Å². The van der Waals surface area contributed by atoms with Crippen LogP contribution in [-0.4, -0.2) is 37.6 Å². The predicted molar refractivity (Wildman–Crippen MR) is 49.2 cm³/mol. The van der Waals surface area contributed by atoms with E-state index in [4.69, 9.17) is 4.74 Å². The molecule has 0 unspecified atom stereocenters. The van der Waals surface area contributed by atoms with Crippen LogP contribution < -0.4 is 0 Å². The second-order valence-electron chi connectivity index (χ2n) is 3.84. The van der Waals surface area contributed by atoms with Gasteiger partial charge < -0.3 is 4.74 Å². The Bertz CT molecular complexity index is 256. The minimum atomic E-state index is -0.113. The average Bonchev–Trinajstić information content (AvgIpc) is 2.89. The number of nitrogens with zero attached hydrogens (tertiary/aromatic N) is 1. The second kappa shape index (κ2) is 3.14. The maximum absolute atomic E-state index is 11.5. The van der Waals surface area contributed by atoms with Crippen molar-refractivity contribution in [2.45, 2.75) is 18.9 Å². The van der Waals surface area contributed by atoms with Crippen LogP contribution in [0.5, 0.6) is 0 Å². The number of carbonyl (C=O) groups excluding carboxylic acids is 1. The van der Waals surface area contributed by atoms with E-state index in [1.807, 2.05) is 11.9 Å². The van der Waals surface area contributed by atoms with Crippen LogP contribution in [0.2, 0.25) is 0 Å². The molecule has 2 aliphatic rings. The van der Waals surface area contributed by atoms with Crippen molar-refractivity contribution in [3.05, 3.63) is 11.6 Å². The zero-order valence-corrected chi connectivity index (χ0v) is 8.12. The molecule has 0 amide bonds. The number of hydrogen-bond donors (Lipinski definition) is 0. The molecule has 1 fully saturated rings. The summed E-state index contributed by atoms with van der Waals surface area (Å²) in [7, 11) is 3.42. The fourth-order valence-corrected chi connectivity index (χ4v) is 1.96. The third kappa shape index (κ3) is 1.48. The van der Waals surface area contributed by atoms with Crippen molar-refractivity contribution in [2.75, 3.05) is 20.7 Å². The van der Waals surface area contributed by atoms with E-state index in [0.717, 1.165) is 6.54 Å². The van der Waals surface area contributed by atoms with Gasteiger partial charge in [0.2, 0.25) is 0 Å². The van der Waals surface area contributed by atoms with Crippen molar-refractivity contribution in [1.29, 1.82) is 0 Å². The van der Waals surface area contributed by atoms with Crippen LogP contribution >= 0.6 is 0 Å². The molecule has 0 aromatic carbocycles. The van der Waals surface area contributed by atoms with Crippen molar-refractivity contribution in [3.8, 4) is 0 Å². The lowest BCUT2D eigenvalue weighted by Gasteiger charge is -2.20. The highest BCUT2D eigenvalue weighted by Crippen LogP contribution is 2.41. The molecule has 0 saturated heterocycles. The van der Waals surface area contributed by atoms with Crippen LogP contribution in [0.4, 0.5) is 0 Å². The Balaban J connectivity index is 2.12. The summed E-state index contributed by atoms with van der Waals surface area (Å²) >= 11 is 0. The number of carbonyl (C=O) groups is 1. The van der Waals surface area contributed by atoms with E-state index in [1.54, 1.807) is 0 Å². The van der Waals surface area contributed by atoms with E-state index in [-0.39, 0.29) is 12.0 Å². The molecule has 3 heteroatoms. The van der Waals surface area contributed by atoms with E-state index in [9.17, 15) is 4.79 Å². The summed E-state index contributed by atoms with van der Waals surface area (Å²) in [5.74, 6) is 0.548. The van der Waals surface area contributed by atoms with Crippen molar-refractivity contribution in [3.63, 3.8) is 0 Å². The molecule has 72 valence electrons. The average molecular weight is 181 g/mol. The molecule has 2 rings (SSSR count). The molecule has 3 nitrogen and oxygen atoms in total. The summed E-state index contributed by atoms with van der Waals surface area (Å²) in [4.78, 5) is 13.5. The number of esters is 1. The highest BCUT2D eigenvalue weighted by Gasteiger charge is 2.39. The zero-order chi connectivity index (χ0) is 9.42. The predicted octanol–water partition coefficient (Wildman–Crippen LogP) is 0.810. The Hall–Kier alpha value is -0.830. The normalized spacial score (nSPS) is 28.8. The Morgan fingerprint density at radius 1 is 1.62 bits per heavy atom. The molecule has 1 atom stereocenters. The minimum absolute atomic E-state index is 0.0995. The van der Waals surface area contributed by atoms with Crippen LogP contribution in [0.15, 0.2) is 11.6 Å². The maximum Gasteiger partial charge on any atom is 0.327 e. The van der Waals surface area contributed by atoms with Gasteiger partial charge in [-0.05, 0) is 31.4 Å². The van der Waals surface area contributed by atoms with E-state index >= 15 is 0 Å². The van der Waals surface area contributed by atoms with Gasteiger partial charge in [0, 0.05) is 6.54 Å². The fourth-order valence-electron chi connectivity index (χ4n) is 1.96. The summed E-state index contributed by atoms with van der Waals surface area (Å²) in [6, 6.07) is -0.0995. The van der Waals surface area contributed by atoms with Gasteiger partial charge in [-0.2, -0.15) is 0 Å². The Morgan fingerprint density at radius 3 is 2.85 bits per heavy atom. The lowest BCUT2D eigenvalue weighted by molar-refractivity contribution is -0.144. The van der Waals surface area contributed by atoms with E-state index in [0.29, 0.717) is 5.92 Å². The first kappa shape index (κ1) is 8.75. The first-order valence-corrected chi connectivity index (χ1v) is 4.72. The van der Waals surface area contributed by atoms with Crippen LogP contribution in [-0.2, 0) is 9.53 Å². The van der Waals surface area contributed by atoms with Crippen molar-refractivity contribution in [2.24, 2.45) is 5.92 Å². The number of ether oxygens (including phenoxy) is 1. The standard InChI is InChI=1S/C10H15NO2/c1-11-6-5-8(7-3-4-7)9(11)10(12)13-2/h5,7,9H,3-4,6H2,1-2H3/t9-/m0/s1. The van der Waals surface area contributed by atoms with Crippen LogP contribution in [0.3, 0.4) is 0 Å². The number of rotatable bonds is 2. The van der Waals surface area contributed by atoms with Crippen LogP contribution in [0.25, 0.3) is 0 Å². The lowest BCUT2D eigenvalue weighted by atomic mass is 10.0. The summed E-state index contributed by atoms with van der Waals surface area (Å²) in [5.41, 5.74) is 1.29. The number of likely N-dealkylation sites (N-methyl/N-ethyl adjacent to an activating group) is 1. The van der Waals surface area contributed by atoms with Gasteiger partial charge >= 0.3 is 5.97 Å². The molecule has 0 N–H and O–H groups in total. The minimum Gasteiger partial charge on any atom is -0.468 e. The first-order chi connectivity index (χ1) is 6.24. The van der Waals surface area contributed by atoms with Gasteiger partial charge in [-0.3, -0.25) is 9.69 Å². The molecule has 1 aliphatic heterocycles. The molecule has 0 aromatic heterocycles. The van der Waals surface area contributed by atoms with Gasteiger partial charge in [-0.1, -0.05) is 6.08 Å². The van der Waals surface area contributed by atoms with Crippen molar-refractivity contribution >= 4 is 5.97 Å². The van der Waals surface area contributed by atoms with Gasteiger partial charge in [-0.15, -0.1) is 0 Å². The highest BCUT2D eigenvalue weighted by atomic mass is 16.5. The molecule has 0 aromatic rings. The Morgan fingerprint density at radius 2 is 2.31 bits per heavy atom. The lowest BCUT2D eigenvalue weighted by Crippen LogP contribution is -2.36. The van der Waals surface area contributed by atoms with Crippen molar-refractivity contribution < 1.29 is 9.53 Å². The topological polar surface area (TPSA) is 29.5 Å². The van der Waals surface area contributed by atoms with Crippen molar-refractivity contribution in [1.82, 2.24) is 4.90 Å². The summed E-state index contributed by atoms with van der Waals surface area (Å²) in [6.45, 7) is 0.881. The van der Waals surface area contributed by atoms with Gasteiger partial charge in [0.05, 0.1) is 7.11 Å². The van der Waals surface area contributed by atoms with E-state index in [2.05, 4.69) is 6.08 Å². The zero-order valence-electron chi connectivity index (χ0n) is 8.12. The molecule has 0 bridgehead atoms. The summed E-state index contributed by atoms with van der Waals surface area (Å²) in [5, 5.41) is 0. The van der Waals surface area contributed by atoms with E-state index < -0.39 is 0 Å². The van der Waals surface area contributed by atoms with Crippen LogP contribution in [0.1, 0.15) is 12.8 Å². The molecule has 1 saturated carbocycles. The molecular formula is C10H15NO2. The SMILES string of the molecule is COC(=O)[C@@H]1C(C2CC2)=CCN1C. The molecule has 13 heavy (non-hydrogen) atoms. The second-order valence-corrected chi connectivity index (χ2v) is 3.84. The van der Waals surface area contributed by atoms with Gasteiger partial charge in [0.15, 0.2) is 0 Å². The van der Waals surface area contributed by atoms with Crippen LogP contribution in [0, 0.1) is 5.92 Å². The number of methoxy groups -OCH3 is 1.